The standard InChI is InChI=1S/C3H9As.C3H9OP.C3H6O.C3H9P.C3H6S.C2H6GeO.C2H6O2S.C2H6OS.C2H6OSe.C2H6OTe.C2H6Se.C2H6Te.3CH3.Bi/c1-4(2)3;1-5(2,3)4;1-3(2)4;1-4(2)3;2*1-3(2)4;1-5(2,3)4;3*1-4(2)3;2*1-3-2;;;;/h1-3H3;1-3H3;1-2H3;1-3H3;2*1-2H3;1-2H3;3*1-2H3;2*1-2H3;3*1H3;. The van der Waals surface area contributed by atoms with Crippen molar-refractivity contribution in [3.8, 4) is 0 Å². The fourth-order valence-corrected chi connectivity index (χ4v) is 0. The van der Waals surface area contributed by atoms with Gasteiger partial charge in [0.2, 0.25) is 0 Å². The third-order valence-electron chi connectivity index (χ3n) is 0. The maximum atomic E-state index is 10.2. The first-order chi connectivity index (χ1) is 22.4. The van der Waals surface area contributed by atoms with Gasteiger partial charge in [0.15, 0.2) is 0 Å². The molecule has 0 amide bonds. The Morgan fingerprint density at radius 2 is 0.923 bits per heavy atom. The molecule has 0 spiro atoms. The van der Waals surface area contributed by atoms with Crippen LogP contribution < -0.4 is 0 Å². The Morgan fingerprint density at radius 3 is 0.923 bits per heavy atom. The van der Waals surface area contributed by atoms with E-state index in [-0.39, 0.29) is 20.4 Å². The first-order valence-electron chi connectivity index (χ1n) is 14.9. The number of ketones is 1. The summed E-state index contributed by atoms with van der Waals surface area (Å²) in [4.78, 5) is 18.5. The summed E-state index contributed by atoms with van der Waals surface area (Å²) in [5.74, 6) is 11.6. The van der Waals surface area contributed by atoms with Crippen LogP contribution in [0.5, 0.6) is 0 Å². The van der Waals surface area contributed by atoms with Gasteiger partial charge in [0, 0.05) is 35.8 Å². The number of rotatable bonds is 0. The SMILES string of the molecule is CC(C)=O.CC(C)=S.CP(C)(C)=O.CP(C)C.CS(C)(=O)=O.CS(C)=O.C[As](C)C.C[Se](C)=O.C[Se]C.C[Te](C)=O.C[Te]C.[CH3][Bi]([CH3])[CH3].[CH3][Ge]([CH3])=[O]. The van der Waals surface area contributed by atoms with E-state index in [1.807, 2.05) is 13.8 Å². The van der Waals surface area contributed by atoms with Gasteiger partial charge >= 0.3 is 216 Å². The molecule has 0 atom stereocenters. The predicted octanol–water partition coefficient (Wildman–Crippen LogP) is 10.6. The average Bonchev–Trinajstić information content (AvgIpc) is 2.68. The molecular weight excluding hydrogens is 1440 g/mol. The van der Waals surface area contributed by atoms with Crippen molar-refractivity contribution in [1.29, 1.82) is 0 Å². The van der Waals surface area contributed by atoms with Gasteiger partial charge in [0.25, 0.3) is 0 Å². The van der Waals surface area contributed by atoms with Crippen molar-refractivity contribution in [2.24, 2.45) is 0 Å². The number of hydrogen-bond donors (Lipinski definition) is 0. The fraction of sp³-hybridized carbons (Fsp3) is 0.938. The molecule has 0 aromatic carbocycles. The molecule has 0 radical (unpaired) electrons. The van der Waals surface area contributed by atoms with Gasteiger partial charge in [-0.15, -0.1) is 7.92 Å². The molecule has 0 rings (SSSR count). The second-order valence-electron chi connectivity index (χ2n) is 12.8. The van der Waals surface area contributed by atoms with Gasteiger partial charge in [0.05, 0.1) is 7.14 Å². The molecule has 0 saturated heterocycles. The fourth-order valence-electron chi connectivity index (χ4n) is 0. The summed E-state index contributed by atoms with van der Waals surface area (Å²) in [6.45, 7) is 18.8. The molecule has 0 N–H and O–H groups in total. The number of sulfone groups is 1. The Balaban J connectivity index is -0.0000000289. The summed E-state index contributed by atoms with van der Waals surface area (Å²) in [7, 11) is -4.54. The summed E-state index contributed by atoms with van der Waals surface area (Å²) in [6, 6.07) is 0. The Kier molecular flexibility index (Phi) is 141. The number of hydrogen-bond acceptors (Lipinski definition) is 9. The van der Waals surface area contributed by atoms with E-state index in [1.165, 1.54) is 13.8 Å². The van der Waals surface area contributed by atoms with Crippen LogP contribution in [0.2, 0.25) is 85.7 Å². The van der Waals surface area contributed by atoms with E-state index >= 15 is 0 Å². The summed E-state index contributed by atoms with van der Waals surface area (Å²) >= 11 is 0.620. The normalized spacial score (nSPS) is 8.54. The minimum absolute atomic E-state index is 0.167. The molecule has 0 unspecified atom stereocenters. The molecule has 332 valence electrons. The second kappa shape index (κ2) is 79.6. The Hall–Kier alpha value is 4.52. The van der Waals surface area contributed by atoms with Crippen LogP contribution in [0.1, 0.15) is 27.7 Å². The van der Waals surface area contributed by atoms with Crippen molar-refractivity contribution in [2.45, 2.75) is 113 Å². The second-order valence-corrected chi connectivity index (χ2v) is 55.1. The van der Waals surface area contributed by atoms with Crippen LogP contribution in [-0.4, -0.2) is 208 Å². The predicted molar refractivity (Wildman–Crippen MR) is 267 cm³/mol. The first-order valence-corrected chi connectivity index (χ1v) is 64.2. The molecule has 0 heterocycles. The van der Waals surface area contributed by atoms with Crippen LogP contribution >= 0.6 is 27.3 Å². The van der Waals surface area contributed by atoms with Crippen LogP contribution in [0.3, 0.4) is 0 Å². The van der Waals surface area contributed by atoms with E-state index in [0.717, 1.165) is 32.3 Å². The summed E-state index contributed by atoms with van der Waals surface area (Å²) in [6.07, 6.45) is 5.60. The number of thiocarbonyl (C=S) groups is 1. The van der Waals surface area contributed by atoms with Crippen molar-refractivity contribution in [3.05, 3.63) is 0 Å². The summed E-state index contributed by atoms with van der Waals surface area (Å²) < 4.78 is 75.2. The summed E-state index contributed by atoms with van der Waals surface area (Å²) in [5.41, 5.74) is 6.94. The quantitative estimate of drug-likeness (QED) is 0.132. The minimum atomic E-state index is -2.67. The van der Waals surface area contributed by atoms with Gasteiger partial charge in [-0.1, -0.05) is 12.2 Å². The Bertz CT molecular complexity index is 764. The van der Waals surface area contributed by atoms with E-state index in [0.29, 0.717) is 28.8 Å². The molecule has 8 nitrogen and oxygen atoms in total. The molecule has 0 aliphatic rings. The Morgan fingerprint density at radius 1 is 0.923 bits per heavy atom. The molecule has 0 aliphatic carbocycles. The van der Waals surface area contributed by atoms with Gasteiger partial charge in [-0.2, -0.15) is 0 Å². The van der Waals surface area contributed by atoms with Crippen LogP contribution in [0.15, 0.2) is 0 Å². The van der Waals surface area contributed by atoms with E-state index in [9.17, 15) is 32.7 Å². The molecule has 0 bridgehead atoms. The van der Waals surface area contributed by atoms with Crippen molar-refractivity contribution < 1.29 is 32.7 Å². The van der Waals surface area contributed by atoms with Gasteiger partial charge in [-0.25, -0.2) is 8.42 Å². The molecule has 0 aromatic heterocycles. The molecule has 0 saturated carbocycles. The van der Waals surface area contributed by atoms with Crippen molar-refractivity contribution >= 4 is 179 Å². The number of carbonyl (C=O) groups is 1. The van der Waals surface area contributed by atoms with E-state index in [2.05, 4.69) is 84.8 Å². The van der Waals surface area contributed by atoms with Gasteiger partial charge in [-0.05, 0) is 72.5 Å². The molecule has 0 fully saturated rings. The zero-order valence-corrected chi connectivity index (χ0v) is 59.2. The van der Waals surface area contributed by atoms with Crippen molar-refractivity contribution in [3.63, 3.8) is 0 Å². The van der Waals surface area contributed by atoms with Gasteiger partial charge in [0.1, 0.15) is 15.6 Å². The molecule has 52 heavy (non-hydrogen) atoms. The number of carbonyl (C=O) groups excluding carboxylic acids is 1. The zero-order chi connectivity index (χ0) is 46.6. The van der Waals surface area contributed by atoms with Gasteiger partial charge in [-0.3, -0.25) is 4.21 Å². The molecule has 0 aliphatic heterocycles. The Labute approximate surface area is 383 Å². The van der Waals surface area contributed by atoms with E-state index in [1.54, 1.807) is 65.6 Å². The average molecular weight is 1530 g/mol. The monoisotopic (exact) mass is 1540 g/mol. The maximum absolute atomic E-state index is 10.2. The van der Waals surface area contributed by atoms with Crippen molar-refractivity contribution in [1.82, 2.24) is 0 Å². The van der Waals surface area contributed by atoms with E-state index < -0.39 is 97.2 Å². The molecule has 0 aromatic rings. The van der Waals surface area contributed by atoms with Crippen LogP contribution in [0.4, 0.5) is 0 Å². The summed E-state index contributed by atoms with van der Waals surface area (Å²) in [5, 5.41) is 0. The first kappa shape index (κ1) is 92.0. The molecule has 20 heteroatoms. The van der Waals surface area contributed by atoms with Crippen LogP contribution in [0.25, 0.3) is 0 Å². The van der Waals surface area contributed by atoms with Crippen molar-refractivity contribution in [2.75, 3.05) is 65.0 Å². The molecular formula is C32H90AsBiGeO8P2S3Se2Te2. The third kappa shape index (κ3) is 7640. The van der Waals surface area contributed by atoms with Crippen LogP contribution in [0, 0.1) is 0 Å². The van der Waals surface area contributed by atoms with Gasteiger partial charge < -0.3 is 9.36 Å². The zero-order valence-electron chi connectivity index (χ0n) is 39.4. The van der Waals surface area contributed by atoms with Crippen LogP contribution in [-0.2, 0) is 40.7 Å². The number of Topliss-reactive ketones (excluding diaryl/α,β-unsaturated/α-hetero) is 1. The third-order valence-corrected chi connectivity index (χ3v) is 0. The topological polar surface area (TPSA) is 137 Å². The van der Waals surface area contributed by atoms with E-state index in [4.69, 9.17) is 0 Å².